The minimum atomic E-state index is -0.674. The Morgan fingerprint density at radius 3 is 1.96 bits per heavy atom. The van der Waals surface area contributed by atoms with Crippen LogP contribution in [0.2, 0.25) is 6.32 Å². The molecule has 0 spiro atoms. The van der Waals surface area contributed by atoms with Gasteiger partial charge >= 0.3 is 14.6 Å². The lowest BCUT2D eigenvalue weighted by atomic mass is 9.80. The maximum atomic E-state index is 8.16. The van der Waals surface area contributed by atoms with E-state index in [2.05, 4.69) is 39.8 Å². The molecule has 1 aromatic rings. The summed E-state index contributed by atoms with van der Waals surface area (Å²) in [5, 5.41) is 8.16. The molecule has 4 nitrogen and oxygen atoms in total. The lowest BCUT2D eigenvalue weighted by Gasteiger charge is -2.33. The molecule has 26 heavy (non-hydrogen) atoms. The third kappa shape index (κ3) is 4.92. The molecule has 0 amide bonds. The molecule has 2 N–H and O–H groups in total. The molecule has 0 bridgehead atoms. The molecule has 0 aromatic heterocycles. The van der Waals surface area contributed by atoms with E-state index in [1.807, 2.05) is 39.8 Å². The number of aryl methyl sites for hydroxylation is 1. The molecule has 6 heteroatoms. The third-order valence-electron chi connectivity index (χ3n) is 5.95. The molecule has 2 rings (SSSR count). The van der Waals surface area contributed by atoms with Crippen molar-refractivity contribution in [2.24, 2.45) is 0 Å². The summed E-state index contributed by atoms with van der Waals surface area (Å²) in [5.74, 6) is 0. The first-order valence-electron chi connectivity index (χ1n) is 9.44. The van der Waals surface area contributed by atoms with Crippen molar-refractivity contribution in [3.05, 3.63) is 29.8 Å². The zero-order chi connectivity index (χ0) is 19.8. The van der Waals surface area contributed by atoms with Crippen molar-refractivity contribution in [2.75, 3.05) is 0 Å². The van der Waals surface area contributed by atoms with E-state index in [1.165, 1.54) is 5.56 Å². The van der Waals surface area contributed by atoms with Crippen molar-refractivity contribution < 1.29 is 19.1 Å². The number of hydrogen-bond acceptors (Lipinski definition) is 3. The predicted octanol–water partition coefficient (Wildman–Crippen LogP) is 2.86. The summed E-state index contributed by atoms with van der Waals surface area (Å²) in [7, 11) is 1.59. The number of hydrogen-bond donors (Lipinski definition) is 0. The van der Waals surface area contributed by atoms with Crippen LogP contribution in [-0.4, -0.2) is 42.1 Å². The molecular formula is C20H34B2O4+. The minimum absolute atomic E-state index is 0.158. The first-order chi connectivity index (χ1) is 11.7. The Kier molecular flexibility index (Phi) is 6.04. The average Bonchev–Trinajstić information content (AvgIpc) is 2.70. The predicted molar refractivity (Wildman–Crippen MR) is 109 cm³/mol. The highest BCUT2D eigenvalue weighted by Crippen LogP contribution is 2.37. The van der Waals surface area contributed by atoms with Crippen molar-refractivity contribution in [1.82, 2.24) is 0 Å². The SMILES string of the molecule is CC(C)([OH2+])C(C)(C)O[B]c1ccc(CCB2OC(C)(C)C(C)(C)O2)cc1. The Morgan fingerprint density at radius 2 is 1.50 bits per heavy atom. The molecule has 1 aliphatic rings. The van der Waals surface area contributed by atoms with Crippen molar-refractivity contribution in [2.45, 2.75) is 90.5 Å². The fourth-order valence-electron chi connectivity index (χ4n) is 2.49. The molecule has 1 aliphatic heterocycles. The Balaban J connectivity index is 1.85. The monoisotopic (exact) mass is 360 g/mol. The van der Waals surface area contributed by atoms with Gasteiger partial charge in [-0.3, -0.25) is 0 Å². The first kappa shape index (κ1) is 21.5. The van der Waals surface area contributed by atoms with E-state index in [4.69, 9.17) is 19.1 Å². The summed E-state index contributed by atoms with van der Waals surface area (Å²) < 4.78 is 18.0. The molecule has 1 aromatic carbocycles. The van der Waals surface area contributed by atoms with Gasteiger partial charge < -0.3 is 19.1 Å². The quantitative estimate of drug-likeness (QED) is 0.555. The number of rotatable bonds is 7. The standard InChI is InChI=1S/C20H33B2O4/c1-17(2,23)18(3,4)24-21-16-11-9-15(10-12-16)13-14-22-25-19(5,6)20(7,8)26-22/h9-12,23H,13-14H2,1-8H3/p+1. The summed E-state index contributed by atoms with van der Waals surface area (Å²) in [6.07, 6.45) is 1.75. The van der Waals surface area contributed by atoms with Gasteiger partial charge in [0.1, 0.15) is 5.60 Å². The fourth-order valence-corrected chi connectivity index (χ4v) is 2.49. The molecule has 1 fully saturated rings. The van der Waals surface area contributed by atoms with Gasteiger partial charge in [-0.05, 0) is 59.8 Å². The molecule has 0 saturated carbocycles. The summed E-state index contributed by atoms with van der Waals surface area (Å²) >= 11 is 0. The Hall–Kier alpha value is -0.810. The van der Waals surface area contributed by atoms with Crippen LogP contribution < -0.4 is 5.46 Å². The van der Waals surface area contributed by atoms with E-state index in [0.29, 0.717) is 0 Å². The van der Waals surface area contributed by atoms with Crippen molar-refractivity contribution in [3.63, 3.8) is 0 Å². The highest BCUT2D eigenvalue weighted by molar-refractivity contribution is 6.47. The maximum absolute atomic E-state index is 8.16. The summed E-state index contributed by atoms with van der Waals surface area (Å²) in [6.45, 7) is 15.9. The van der Waals surface area contributed by atoms with Crippen LogP contribution in [0.3, 0.4) is 0 Å². The second-order valence-electron chi connectivity index (χ2n) is 9.34. The maximum Gasteiger partial charge on any atom is 0.458 e. The lowest BCUT2D eigenvalue weighted by molar-refractivity contribution is -0.0893. The smallest absolute Gasteiger partial charge is 0.439 e. The van der Waals surface area contributed by atoms with Crippen molar-refractivity contribution in [1.29, 1.82) is 0 Å². The van der Waals surface area contributed by atoms with Gasteiger partial charge in [0.15, 0.2) is 5.60 Å². The van der Waals surface area contributed by atoms with Crippen LogP contribution in [0.5, 0.6) is 0 Å². The van der Waals surface area contributed by atoms with Crippen LogP contribution in [-0.2, 0) is 20.4 Å². The van der Waals surface area contributed by atoms with E-state index in [9.17, 15) is 0 Å². The van der Waals surface area contributed by atoms with Crippen LogP contribution >= 0.6 is 0 Å². The fraction of sp³-hybridized carbons (Fsp3) is 0.700. The van der Waals surface area contributed by atoms with Crippen molar-refractivity contribution >= 4 is 20.1 Å². The normalized spacial score (nSPS) is 19.7. The largest absolute Gasteiger partial charge is 0.458 e. The van der Waals surface area contributed by atoms with Crippen LogP contribution in [0.1, 0.15) is 61.0 Å². The van der Waals surface area contributed by atoms with Crippen LogP contribution in [0.25, 0.3) is 0 Å². The Labute approximate surface area is 160 Å². The Bertz CT molecular complexity index is 587. The van der Waals surface area contributed by atoms with Gasteiger partial charge in [-0.1, -0.05) is 29.7 Å². The second kappa shape index (κ2) is 7.31. The van der Waals surface area contributed by atoms with Crippen LogP contribution in [0.15, 0.2) is 24.3 Å². The molecule has 0 unspecified atom stereocenters. The van der Waals surface area contributed by atoms with E-state index in [-0.39, 0.29) is 18.3 Å². The van der Waals surface area contributed by atoms with Crippen molar-refractivity contribution in [3.8, 4) is 0 Å². The number of benzene rings is 1. The Morgan fingerprint density at radius 1 is 1.00 bits per heavy atom. The zero-order valence-corrected chi connectivity index (χ0v) is 17.6. The highest BCUT2D eigenvalue weighted by Gasteiger charge is 2.50. The molecule has 143 valence electrons. The summed E-state index contributed by atoms with van der Waals surface area (Å²) in [6, 6.07) is 8.32. The lowest BCUT2D eigenvalue weighted by Crippen LogP contribution is -2.49. The minimum Gasteiger partial charge on any atom is -0.439 e. The van der Waals surface area contributed by atoms with E-state index in [0.717, 1.165) is 18.2 Å². The molecule has 1 saturated heterocycles. The van der Waals surface area contributed by atoms with E-state index < -0.39 is 11.2 Å². The van der Waals surface area contributed by atoms with Gasteiger partial charge in [-0.15, -0.1) is 0 Å². The second-order valence-corrected chi connectivity index (χ2v) is 9.34. The van der Waals surface area contributed by atoms with Crippen LogP contribution in [0, 0.1) is 0 Å². The summed E-state index contributed by atoms with van der Waals surface area (Å²) in [5.41, 5.74) is 0.478. The van der Waals surface area contributed by atoms with Gasteiger partial charge in [0.2, 0.25) is 0 Å². The van der Waals surface area contributed by atoms with Gasteiger partial charge in [0.05, 0.1) is 11.2 Å². The van der Waals surface area contributed by atoms with Gasteiger partial charge in [-0.2, -0.15) is 0 Å². The topological polar surface area (TPSA) is 50.6 Å². The highest BCUT2D eigenvalue weighted by atomic mass is 16.7. The third-order valence-corrected chi connectivity index (χ3v) is 5.95. The van der Waals surface area contributed by atoms with Gasteiger partial charge in [0, 0.05) is 13.8 Å². The molecular weight excluding hydrogens is 326 g/mol. The molecule has 1 radical (unpaired) electrons. The molecule has 0 atom stereocenters. The zero-order valence-electron chi connectivity index (χ0n) is 17.6. The van der Waals surface area contributed by atoms with E-state index >= 15 is 0 Å². The first-order valence-corrected chi connectivity index (χ1v) is 9.44. The van der Waals surface area contributed by atoms with E-state index in [1.54, 1.807) is 7.48 Å². The van der Waals surface area contributed by atoms with Gasteiger partial charge in [0.25, 0.3) is 0 Å². The average molecular weight is 360 g/mol. The van der Waals surface area contributed by atoms with Crippen LogP contribution in [0.4, 0.5) is 0 Å². The van der Waals surface area contributed by atoms with Gasteiger partial charge in [-0.25, -0.2) is 0 Å². The molecule has 1 heterocycles. The molecule has 0 aliphatic carbocycles. The summed E-state index contributed by atoms with van der Waals surface area (Å²) in [4.78, 5) is 0.